The van der Waals surface area contributed by atoms with Gasteiger partial charge < -0.3 is 11.1 Å². The third-order valence-electron chi connectivity index (χ3n) is 2.81. The Hall–Kier alpha value is -1.06. The zero-order valence-corrected chi connectivity index (χ0v) is 11.7. The van der Waals surface area contributed by atoms with Crippen LogP contribution in [-0.4, -0.2) is 11.9 Å². The summed E-state index contributed by atoms with van der Waals surface area (Å²) in [7, 11) is 0. The average Bonchev–Trinajstić information content (AvgIpc) is 2.28. The van der Waals surface area contributed by atoms with Gasteiger partial charge >= 0.3 is 0 Å². The van der Waals surface area contributed by atoms with Gasteiger partial charge in [0.1, 0.15) is 0 Å². The van der Waals surface area contributed by atoms with Crippen LogP contribution in [0.15, 0.2) is 24.3 Å². The molecule has 0 bridgehead atoms. The number of carbonyl (C=O) groups is 1. The van der Waals surface area contributed by atoms with E-state index in [1.807, 2.05) is 38.1 Å². The van der Waals surface area contributed by atoms with Crippen molar-refractivity contribution in [3.05, 3.63) is 34.9 Å². The largest absolute Gasteiger partial charge is 0.350 e. The molecule has 0 saturated carbocycles. The maximum absolute atomic E-state index is 11.7. The fourth-order valence-corrected chi connectivity index (χ4v) is 2.10. The van der Waals surface area contributed by atoms with Crippen LogP contribution in [0.1, 0.15) is 44.7 Å². The van der Waals surface area contributed by atoms with Crippen molar-refractivity contribution in [3.8, 4) is 0 Å². The Morgan fingerprint density at radius 2 is 2.06 bits per heavy atom. The van der Waals surface area contributed by atoms with Crippen LogP contribution < -0.4 is 11.1 Å². The van der Waals surface area contributed by atoms with E-state index in [2.05, 4.69) is 5.32 Å². The number of hydrogen-bond acceptors (Lipinski definition) is 2. The third kappa shape index (κ3) is 5.07. The minimum atomic E-state index is -0.0681. The van der Waals surface area contributed by atoms with E-state index in [0.717, 1.165) is 18.4 Å². The molecular weight excluding hydrogens is 248 g/mol. The van der Waals surface area contributed by atoms with Crippen LogP contribution >= 0.6 is 11.6 Å². The highest BCUT2D eigenvalue weighted by Crippen LogP contribution is 2.22. The highest BCUT2D eigenvalue weighted by molar-refractivity contribution is 6.31. The molecule has 0 fully saturated rings. The minimum absolute atomic E-state index is 0.0445. The van der Waals surface area contributed by atoms with Crippen molar-refractivity contribution in [1.29, 1.82) is 0 Å². The van der Waals surface area contributed by atoms with Crippen LogP contribution in [0.3, 0.4) is 0 Å². The lowest BCUT2D eigenvalue weighted by molar-refractivity contribution is -0.121. The first-order valence-electron chi connectivity index (χ1n) is 6.30. The zero-order valence-electron chi connectivity index (χ0n) is 10.9. The van der Waals surface area contributed by atoms with E-state index >= 15 is 0 Å². The molecular formula is C14H21ClN2O. The number of nitrogens with two attached hydrogens (primary N) is 1. The molecule has 2 atom stereocenters. The summed E-state index contributed by atoms with van der Waals surface area (Å²) in [6.07, 6.45) is 2.20. The first kappa shape index (κ1) is 15.0. The van der Waals surface area contributed by atoms with Gasteiger partial charge in [-0.15, -0.1) is 0 Å². The van der Waals surface area contributed by atoms with Gasteiger partial charge in [-0.05, 0) is 38.3 Å². The van der Waals surface area contributed by atoms with E-state index < -0.39 is 0 Å². The van der Waals surface area contributed by atoms with Crippen LogP contribution in [0.25, 0.3) is 0 Å². The Kier molecular flexibility index (Phi) is 6.16. The Morgan fingerprint density at radius 1 is 1.39 bits per heavy atom. The Morgan fingerprint density at radius 3 is 2.67 bits per heavy atom. The molecule has 0 aliphatic heterocycles. The first-order valence-corrected chi connectivity index (χ1v) is 6.68. The van der Waals surface area contributed by atoms with E-state index in [1.54, 1.807) is 0 Å². The summed E-state index contributed by atoms with van der Waals surface area (Å²) in [6, 6.07) is 7.63. The van der Waals surface area contributed by atoms with E-state index in [0.29, 0.717) is 11.4 Å². The van der Waals surface area contributed by atoms with Crippen molar-refractivity contribution in [2.75, 3.05) is 0 Å². The number of rotatable bonds is 6. The molecule has 1 amide bonds. The normalized spacial score (nSPS) is 14.0. The van der Waals surface area contributed by atoms with Crippen molar-refractivity contribution >= 4 is 17.5 Å². The summed E-state index contributed by atoms with van der Waals surface area (Å²) in [5.74, 6) is 0.0445. The highest BCUT2D eigenvalue weighted by Gasteiger charge is 2.11. The summed E-state index contributed by atoms with van der Waals surface area (Å²) in [6.45, 7) is 3.88. The molecule has 0 aromatic heterocycles. The topological polar surface area (TPSA) is 55.1 Å². The van der Waals surface area contributed by atoms with Gasteiger partial charge in [0.05, 0.1) is 6.04 Å². The summed E-state index contributed by atoms with van der Waals surface area (Å²) < 4.78 is 0. The van der Waals surface area contributed by atoms with Gasteiger partial charge in [-0.3, -0.25) is 4.79 Å². The summed E-state index contributed by atoms with van der Waals surface area (Å²) >= 11 is 6.08. The molecule has 4 heteroatoms. The molecule has 0 spiro atoms. The molecule has 18 heavy (non-hydrogen) atoms. The van der Waals surface area contributed by atoms with Gasteiger partial charge in [-0.25, -0.2) is 0 Å². The number of hydrogen-bond donors (Lipinski definition) is 2. The summed E-state index contributed by atoms with van der Waals surface area (Å²) in [4.78, 5) is 11.7. The monoisotopic (exact) mass is 268 g/mol. The zero-order chi connectivity index (χ0) is 13.5. The molecule has 100 valence electrons. The maximum atomic E-state index is 11.7. The van der Waals surface area contributed by atoms with Crippen LogP contribution in [0.5, 0.6) is 0 Å². The van der Waals surface area contributed by atoms with Gasteiger partial charge in [-0.2, -0.15) is 0 Å². The van der Waals surface area contributed by atoms with E-state index in [4.69, 9.17) is 17.3 Å². The number of halogens is 1. The van der Waals surface area contributed by atoms with Gasteiger partial charge in [0.15, 0.2) is 0 Å². The molecule has 0 radical (unpaired) electrons. The molecule has 1 unspecified atom stereocenters. The Bertz CT molecular complexity index is 393. The lowest BCUT2D eigenvalue weighted by Gasteiger charge is -2.15. The molecule has 1 aromatic rings. The number of amides is 1. The molecule has 0 aliphatic rings. The van der Waals surface area contributed by atoms with Crippen molar-refractivity contribution in [2.45, 2.75) is 45.2 Å². The second kappa shape index (κ2) is 7.39. The predicted octanol–water partition coefficient (Wildman–Crippen LogP) is 3.03. The van der Waals surface area contributed by atoms with Crippen molar-refractivity contribution in [2.24, 2.45) is 5.73 Å². The van der Waals surface area contributed by atoms with E-state index in [9.17, 15) is 4.79 Å². The highest BCUT2D eigenvalue weighted by atomic mass is 35.5. The molecule has 0 saturated heterocycles. The Balaban J connectivity index is 2.42. The Labute approximate surface area is 114 Å². The molecule has 3 nitrogen and oxygen atoms in total. The fourth-order valence-electron chi connectivity index (χ4n) is 1.80. The fraction of sp³-hybridized carbons (Fsp3) is 0.500. The standard InChI is InChI=1S/C14H21ClN2O/c1-10(16)6-5-9-14(18)17-11(2)12-7-3-4-8-13(12)15/h3-4,7-8,10-11H,5-6,9,16H2,1-2H3,(H,17,18)/t10?,11-/m1/s1. The predicted molar refractivity (Wildman–Crippen MR) is 75.5 cm³/mol. The van der Waals surface area contributed by atoms with Gasteiger partial charge in [0.2, 0.25) is 5.91 Å². The second-order valence-electron chi connectivity index (χ2n) is 4.68. The van der Waals surface area contributed by atoms with Gasteiger partial charge in [0, 0.05) is 17.5 Å². The molecule has 1 rings (SSSR count). The first-order chi connectivity index (χ1) is 8.50. The number of benzene rings is 1. The van der Waals surface area contributed by atoms with Gasteiger partial charge in [-0.1, -0.05) is 29.8 Å². The molecule has 3 N–H and O–H groups in total. The van der Waals surface area contributed by atoms with Crippen LogP contribution in [0, 0.1) is 0 Å². The van der Waals surface area contributed by atoms with E-state index in [1.165, 1.54) is 0 Å². The van der Waals surface area contributed by atoms with Crippen molar-refractivity contribution in [1.82, 2.24) is 5.32 Å². The van der Waals surface area contributed by atoms with Crippen LogP contribution in [0.4, 0.5) is 0 Å². The molecule has 1 aromatic carbocycles. The second-order valence-corrected chi connectivity index (χ2v) is 5.09. The van der Waals surface area contributed by atoms with Crippen LogP contribution in [0.2, 0.25) is 5.02 Å². The minimum Gasteiger partial charge on any atom is -0.350 e. The average molecular weight is 269 g/mol. The smallest absolute Gasteiger partial charge is 0.220 e. The molecule has 0 aliphatic carbocycles. The van der Waals surface area contributed by atoms with Gasteiger partial charge in [0.25, 0.3) is 0 Å². The molecule has 0 heterocycles. The number of nitrogens with one attached hydrogen (secondary N) is 1. The maximum Gasteiger partial charge on any atom is 0.220 e. The SMILES string of the molecule is CC(N)CCCC(=O)N[C@H](C)c1ccccc1Cl. The lowest BCUT2D eigenvalue weighted by atomic mass is 10.1. The van der Waals surface area contributed by atoms with Crippen LogP contribution in [-0.2, 0) is 4.79 Å². The van der Waals surface area contributed by atoms with Crippen molar-refractivity contribution in [3.63, 3.8) is 0 Å². The van der Waals surface area contributed by atoms with E-state index in [-0.39, 0.29) is 18.0 Å². The third-order valence-corrected chi connectivity index (χ3v) is 3.16. The summed E-state index contributed by atoms with van der Waals surface area (Å²) in [5.41, 5.74) is 6.59. The summed E-state index contributed by atoms with van der Waals surface area (Å²) in [5, 5.41) is 3.63. The van der Waals surface area contributed by atoms with Crippen molar-refractivity contribution < 1.29 is 4.79 Å². The quantitative estimate of drug-likeness (QED) is 0.833. The number of carbonyl (C=O) groups excluding carboxylic acids is 1. The lowest BCUT2D eigenvalue weighted by Crippen LogP contribution is -2.27.